The Morgan fingerprint density at radius 2 is 1.75 bits per heavy atom. The molecule has 1 N–H and O–H groups in total. The van der Waals surface area contributed by atoms with Gasteiger partial charge in [0.25, 0.3) is 0 Å². The highest BCUT2D eigenvalue weighted by Gasteiger charge is 2.17. The summed E-state index contributed by atoms with van der Waals surface area (Å²) in [5.41, 5.74) is 0. The zero-order valence-corrected chi connectivity index (χ0v) is 12.8. The lowest BCUT2D eigenvalue weighted by Gasteiger charge is -2.22. The third kappa shape index (κ3) is 7.73. The van der Waals surface area contributed by atoms with Gasteiger partial charge in [-0.3, -0.25) is 19.3 Å². The van der Waals surface area contributed by atoms with E-state index in [2.05, 4.69) is 10.1 Å². The molecule has 0 bridgehead atoms. The molecule has 0 saturated carbocycles. The minimum Gasteiger partial charge on any atom is -0.468 e. The lowest BCUT2D eigenvalue weighted by Crippen LogP contribution is -2.44. The Morgan fingerprint density at radius 1 is 1.10 bits per heavy atom. The van der Waals surface area contributed by atoms with Crippen molar-refractivity contribution in [1.29, 1.82) is 0 Å². The molecule has 0 aromatic rings. The number of hydrogen-bond donors (Lipinski definition) is 1. The fraction of sp³-hybridized carbons (Fsp3) is 0.769. The molecule has 0 aliphatic rings. The number of esters is 1. The second-order valence-corrected chi connectivity index (χ2v) is 4.48. The van der Waals surface area contributed by atoms with Gasteiger partial charge in [0.05, 0.1) is 26.7 Å². The molecule has 0 spiro atoms. The van der Waals surface area contributed by atoms with Crippen LogP contribution >= 0.6 is 0 Å². The van der Waals surface area contributed by atoms with Crippen molar-refractivity contribution in [2.45, 2.75) is 20.3 Å². The van der Waals surface area contributed by atoms with E-state index in [-0.39, 0.29) is 37.4 Å². The standard InChI is InChI=1S/C13H25N3O4/c1-5-7-14-11(17)8-15(3)12(18)9-16(6-2)10-13(19)20-4/h5-10H2,1-4H3,(H,14,17). The molecule has 0 heterocycles. The predicted molar refractivity (Wildman–Crippen MR) is 75.1 cm³/mol. The average molecular weight is 287 g/mol. The lowest BCUT2D eigenvalue weighted by molar-refractivity contribution is -0.143. The van der Waals surface area contributed by atoms with Crippen molar-refractivity contribution in [3.05, 3.63) is 0 Å². The van der Waals surface area contributed by atoms with E-state index in [4.69, 9.17) is 0 Å². The smallest absolute Gasteiger partial charge is 0.319 e. The Balaban J connectivity index is 4.21. The summed E-state index contributed by atoms with van der Waals surface area (Å²) >= 11 is 0. The van der Waals surface area contributed by atoms with Gasteiger partial charge in [0.2, 0.25) is 11.8 Å². The van der Waals surface area contributed by atoms with E-state index >= 15 is 0 Å². The molecule has 0 radical (unpaired) electrons. The zero-order valence-electron chi connectivity index (χ0n) is 12.8. The van der Waals surface area contributed by atoms with E-state index in [9.17, 15) is 14.4 Å². The first-order valence-electron chi connectivity index (χ1n) is 6.74. The van der Waals surface area contributed by atoms with Crippen LogP contribution in [0.25, 0.3) is 0 Å². The van der Waals surface area contributed by atoms with Gasteiger partial charge < -0.3 is 15.0 Å². The van der Waals surface area contributed by atoms with E-state index in [1.54, 1.807) is 11.9 Å². The van der Waals surface area contributed by atoms with E-state index in [0.29, 0.717) is 13.1 Å². The minimum absolute atomic E-state index is 0.0224. The summed E-state index contributed by atoms with van der Waals surface area (Å²) in [5.74, 6) is -0.774. The fourth-order valence-electron chi connectivity index (χ4n) is 1.46. The van der Waals surface area contributed by atoms with E-state index < -0.39 is 0 Å². The van der Waals surface area contributed by atoms with E-state index in [1.165, 1.54) is 12.0 Å². The number of nitrogens with one attached hydrogen (secondary N) is 1. The van der Waals surface area contributed by atoms with Gasteiger partial charge in [0.15, 0.2) is 0 Å². The lowest BCUT2D eigenvalue weighted by atomic mass is 10.4. The molecule has 0 aromatic heterocycles. The molecule has 116 valence electrons. The third-order valence-electron chi connectivity index (χ3n) is 2.77. The number of likely N-dealkylation sites (N-methyl/N-ethyl adjacent to an activating group) is 2. The average Bonchev–Trinajstić information content (AvgIpc) is 2.43. The Hall–Kier alpha value is -1.63. The van der Waals surface area contributed by atoms with Crippen molar-refractivity contribution in [3.8, 4) is 0 Å². The van der Waals surface area contributed by atoms with Crippen LogP contribution in [0.3, 0.4) is 0 Å². The first kappa shape index (κ1) is 18.4. The molecule has 2 amide bonds. The summed E-state index contributed by atoms with van der Waals surface area (Å²) in [5, 5.41) is 2.71. The van der Waals surface area contributed by atoms with Crippen LogP contribution < -0.4 is 5.32 Å². The molecule has 0 aliphatic heterocycles. The Bertz CT molecular complexity index is 334. The van der Waals surface area contributed by atoms with Crippen LogP contribution in [-0.4, -0.2) is 74.5 Å². The topological polar surface area (TPSA) is 79.0 Å². The van der Waals surface area contributed by atoms with E-state index in [0.717, 1.165) is 6.42 Å². The normalized spacial score (nSPS) is 10.2. The van der Waals surface area contributed by atoms with Gasteiger partial charge in [-0.15, -0.1) is 0 Å². The highest BCUT2D eigenvalue weighted by molar-refractivity contribution is 5.85. The molecular weight excluding hydrogens is 262 g/mol. The van der Waals surface area contributed by atoms with Crippen LogP contribution in [0.1, 0.15) is 20.3 Å². The number of ether oxygens (including phenoxy) is 1. The Labute approximate surface area is 120 Å². The summed E-state index contributed by atoms with van der Waals surface area (Å²) in [7, 11) is 2.88. The second kappa shape index (κ2) is 10.2. The molecule has 7 nitrogen and oxygen atoms in total. The first-order valence-corrected chi connectivity index (χ1v) is 6.74. The Kier molecular flexibility index (Phi) is 9.36. The number of carbonyl (C=O) groups is 3. The predicted octanol–water partition coefficient (Wildman–Crippen LogP) is -0.534. The van der Waals surface area contributed by atoms with Crippen LogP contribution in [0.2, 0.25) is 0 Å². The second-order valence-electron chi connectivity index (χ2n) is 4.48. The number of methoxy groups -OCH3 is 1. The van der Waals surface area contributed by atoms with Crippen LogP contribution in [0.15, 0.2) is 0 Å². The van der Waals surface area contributed by atoms with Gasteiger partial charge in [-0.05, 0) is 13.0 Å². The van der Waals surface area contributed by atoms with Crippen molar-refractivity contribution in [3.63, 3.8) is 0 Å². The highest BCUT2D eigenvalue weighted by atomic mass is 16.5. The monoisotopic (exact) mass is 287 g/mol. The maximum absolute atomic E-state index is 11.9. The molecule has 0 aromatic carbocycles. The van der Waals surface area contributed by atoms with Gasteiger partial charge in [-0.2, -0.15) is 0 Å². The zero-order chi connectivity index (χ0) is 15.5. The molecular formula is C13H25N3O4. The summed E-state index contributed by atoms with van der Waals surface area (Å²) in [6.45, 7) is 5.14. The molecule has 7 heteroatoms. The Morgan fingerprint density at radius 3 is 2.25 bits per heavy atom. The molecule has 0 fully saturated rings. The summed E-state index contributed by atoms with van der Waals surface area (Å²) < 4.78 is 4.56. The quantitative estimate of drug-likeness (QED) is 0.577. The number of hydrogen-bond acceptors (Lipinski definition) is 5. The highest BCUT2D eigenvalue weighted by Crippen LogP contribution is 1.93. The fourth-order valence-corrected chi connectivity index (χ4v) is 1.46. The van der Waals surface area contributed by atoms with Crippen LogP contribution in [0.5, 0.6) is 0 Å². The van der Waals surface area contributed by atoms with Gasteiger partial charge in [0.1, 0.15) is 0 Å². The van der Waals surface area contributed by atoms with Crippen molar-refractivity contribution in [2.24, 2.45) is 0 Å². The van der Waals surface area contributed by atoms with Crippen LogP contribution in [-0.2, 0) is 19.1 Å². The molecule has 20 heavy (non-hydrogen) atoms. The molecule has 0 aliphatic carbocycles. The van der Waals surface area contributed by atoms with Gasteiger partial charge >= 0.3 is 5.97 Å². The van der Waals surface area contributed by atoms with Crippen LogP contribution in [0.4, 0.5) is 0 Å². The number of nitrogens with zero attached hydrogens (tertiary/aromatic N) is 2. The largest absolute Gasteiger partial charge is 0.468 e. The van der Waals surface area contributed by atoms with Crippen molar-refractivity contribution >= 4 is 17.8 Å². The molecule has 0 saturated heterocycles. The maximum Gasteiger partial charge on any atom is 0.319 e. The van der Waals surface area contributed by atoms with Crippen molar-refractivity contribution in [2.75, 3.05) is 46.9 Å². The van der Waals surface area contributed by atoms with Gasteiger partial charge in [-0.25, -0.2) is 0 Å². The molecule has 0 atom stereocenters. The first-order chi connectivity index (χ1) is 9.44. The molecule has 0 unspecified atom stereocenters. The summed E-state index contributed by atoms with van der Waals surface area (Å²) in [6, 6.07) is 0. The SMILES string of the molecule is CCCNC(=O)CN(C)C(=O)CN(CC)CC(=O)OC. The number of amides is 2. The van der Waals surface area contributed by atoms with Gasteiger partial charge in [-0.1, -0.05) is 13.8 Å². The van der Waals surface area contributed by atoms with Crippen LogP contribution in [0, 0.1) is 0 Å². The van der Waals surface area contributed by atoms with Crippen molar-refractivity contribution < 1.29 is 19.1 Å². The number of carbonyl (C=O) groups excluding carboxylic acids is 3. The third-order valence-corrected chi connectivity index (χ3v) is 2.77. The summed E-state index contributed by atoms with van der Waals surface area (Å²) in [6.07, 6.45) is 0.853. The molecule has 0 rings (SSSR count). The van der Waals surface area contributed by atoms with E-state index in [1.807, 2.05) is 13.8 Å². The maximum atomic E-state index is 11.9. The summed E-state index contributed by atoms with van der Waals surface area (Å²) in [4.78, 5) is 37.6. The van der Waals surface area contributed by atoms with Gasteiger partial charge in [0, 0.05) is 13.6 Å². The minimum atomic E-state index is -0.386. The number of rotatable bonds is 9. The van der Waals surface area contributed by atoms with Crippen molar-refractivity contribution in [1.82, 2.24) is 15.1 Å².